The molecule has 0 saturated heterocycles. The van der Waals surface area contributed by atoms with Crippen molar-refractivity contribution in [3.63, 3.8) is 0 Å². The zero-order chi connectivity index (χ0) is 14.1. The summed E-state index contributed by atoms with van der Waals surface area (Å²) in [5, 5.41) is 3.72. The number of amides is 1. The lowest BCUT2D eigenvalue weighted by atomic mass is 9.67. The van der Waals surface area contributed by atoms with Crippen LogP contribution in [0.25, 0.3) is 0 Å². The topological polar surface area (TPSA) is 68.0 Å². The third-order valence-corrected chi connectivity index (χ3v) is 4.86. The molecule has 0 aromatic carbocycles. The van der Waals surface area contributed by atoms with E-state index in [1.54, 1.807) is 12.1 Å². The Hall–Kier alpha value is -1.13. The van der Waals surface area contributed by atoms with Crippen LogP contribution in [-0.2, 0) is 0 Å². The lowest BCUT2D eigenvalue weighted by molar-refractivity contribution is 0.0751. The largest absolute Gasteiger partial charge is 0.347 e. The van der Waals surface area contributed by atoms with Gasteiger partial charge in [-0.1, -0.05) is 18.0 Å². The maximum atomic E-state index is 12.3. The van der Waals surface area contributed by atoms with E-state index in [2.05, 4.69) is 10.3 Å². The molecule has 3 N–H and O–H groups in total. The number of nitrogens with zero attached hydrogens (tertiary/aromatic N) is 1. The summed E-state index contributed by atoms with van der Waals surface area (Å²) < 4.78 is 0. The van der Waals surface area contributed by atoms with Crippen LogP contribution >= 0.6 is 11.6 Å². The van der Waals surface area contributed by atoms with Crippen molar-refractivity contribution in [2.45, 2.75) is 44.2 Å². The normalized spacial score (nSPS) is 32.7. The van der Waals surface area contributed by atoms with Gasteiger partial charge in [-0.05, 0) is 49.7 Å². The van der Waals surface area contributed by atoms with Crippen LogP contribution in [0, 0.1) is 11.8 Å². The molecule has 0 spiro atoms. The predicted molar refractivity (Wildman–Crippen MR) is 78.5 cm³/mol. The van der Waals surface area contributed by atoms with E-state index < -0.39 is 0 Å². The molecule has 2 fully saturated rings. The molecule has 108 valence electrons. The number of rotatable bonds is 2. The second-order valence-corrected chi connectivity index (χ2v) is 6.48. The molecule has 2 bridgehead atoms. The molecule has 1 heterocycles. The Morgan fingerprint density at radius 3 is 2.60 bits per heavy atom. The van der Waals surface area contributed by atoms with Gasteiger partial charge < -0.3 is 11.1 Å². The second kappa shape index (κ2) is 5.70. The highest BCUT2D eigenvalue weighted by Gasteiger charge is 2.40. The molecular formula is C15H20ClN3O. The SMILES string of the molecule is NC1CC2CCCC(C1)C2NC(=O)c1ccc(Cl)cn1. The van der Waals surface area contributed by atoms with E-state index in [1.165, 1.54) is 25.5 Å². The summed E-state index contributed by atoms with van der Waals surface area (Å²) in [6.45, 7) is 0. The monoisotopic (exact) mass is 293 g/mol. The second-order valence-electron chi connectivity index (χ2n) is 6.04. The number of halogens is 1. The highest BCUT2D eigenvalue weighted by Crippen LogP contribution is 2.39. The molecule has 1 aromatic heterocycles. The van der Waals surface area contributed by atoms with Crippen LogP contribution in [-0.4, -0.2) is 23.0 Å². The summed E-state index contributed by atoms with van der Waals surface area (Å²) >= 11 is 5.79. The fourth-order valence-electron chi connectivity index (χ4n) is 3.76. The van der Waals surface area contributed by atoms with Crippen LogP contribution in [0.15, 0.2) is 18.3 Å². The van der Waals surface area contributed by atoms with Gasteiger partial charge >= 0.3 is 0 Å². The number of fused-ring (bicyclic) bond motifs is 2. The smallest absolute Gasteiger partial charge is 0.270 e. The summed E-state index contributed by atoms with van der Waals surface area (Å²) in [7, 11) is 0. The van der Waals surface area contributed by atoms with Crippen LogP contribution in [0.4, 0.5) is 0 Å². The molecule has 20 heavy (non-hydrogen) atoms. The number of pyridine rings is 1. The number of carbonyl (C=O) groups is 1. The first-order valence-electron chi connectivity index (χ1n) is 7.31. The first kappa shape index (κ1) is 13.8. The molecular weight excluding hydrogens is 274 g/mol. The predicted octanol–water partition coefficient (Wildman–Crippen LogP) is 2.37. The van der Waals surface area contributed by atoms with Gasteiger partial charge in [0.05, 0.1) is 5.02 Å². The van der Waals surface area contributed by atoms with Gasteiger partial charge in [0.25, 0.3) is 5.91 Å². The number of nitrogens with one attached hydrogen (secondary N) is 1. The molecule has 0 aliphatic heterocycles. The van der Waals surface area contributed by atoms with Crippen molar-refractivity contribution in [2.75, 3.05) is 0 Å². The molecule has 1 aromatic rings. The van der Waals surface area contributed by atoms with Gasteiger partial charge in [0.15, 0.2) is 0 Å². The maximum Gasteiger partial charge on any atom is 0.270 e. The van der Waals surface area contributed by atoms with E-state index in [0.717, 1.165) is 12.8 Å². The molecule has 2 aliphatic rings. The summed E-state index contributed by atoms with van der Waals surface area (Å²) in [5.74, 6) is 0.946. The molecule has 1 amide bonds. The van der Waals surface area contributed by atoms with Crippen molar-refractivity contribution in [1.29, 1.82) is 0 Å². The molecule has 5 heteroatoms. The van der Waals surface area contributed by atoms with Gasteiger partial charge in [-0.25, -0.2) is 4.98 Å². The molecule has 4 nitrogen and oxygen atoms in total. The Balaban J connectivity index is 1.70. The number of aromatic nitrogens is 1. The van der Waals surface area contributed by atoms with Gasteiger partial charge in [-0.3, -0.25) is 4.79 Å². The Bertz CT molecular complexity index is 476. The number of hydrogen-bond donors (Lipinski definition) is 2. The molecule has 3 rings (SSSR count). The van der Waals surface area contributed by atoms with Gasteiger partial charge in [-0.2, -0.15) is 0 Å². The summed E-state index contributed by atoms with van der Waals surface area (Å²) in [4.78, 5) is 16.4. The van der Waals surface area contributed by atoms with E-state index in [-0.39, 0.29) is 11.9 Å². The lowest BCUT2D eigenvalue weighted by Crippen LogP contribution is -2.53. The van der Waals surface area contributed by atoms with Crippen molar-refractivity contribution in [2.24, 2.45) is 17.6 Å². The van der Waals surface area contributed by atoms with E-state index in [0.29, 0.717) is 28.6 Å². The zero-order valence-electron chi connectivity index (χ0n) is 11.4. The first-order chi connectivity index (χ1) is 9.63. The van der Waals surface area contributed by atoms with Crippen molar-refractivity contribution >= 4 is 17.5 Å². The molecule has 2 unspecified atom stereocenters. The molecule has 2 aliphatic carbocycles. The highest BCUT2D eigenvalue weighted by molar-refractivity contribution is 6.30. The lowest BCUT2D eigenvalue weighted by Gasteiger charge is -2.45. The Morgan fingerprint density at radius 2 is 2.00 bits per heavy atom. The van der Waals surface area contributed by atoms with E-state index in [9.17, 15) is 4.79 Å². The number of hydrogen-bond acceptors (Lipinski definition) is 3. The van der Waals surface area contributed by atoms with Gasteiger partial charge in [0.1, 0.15) is 5.69 Å². The first-order valence-corrected chi connectivity index (χ1v) is 7.69. The van der Waals surface area contributed by atoms with E-state index >= 15 is 0 Å². The fraction of sp³-hybridized carbons (Fsp3) is 0.600. The number of carbonyl (C=O) groups excluding carboxylic acids is 1. The van der Waals surface area contributed by atoms with E-state index in [4.69, 9.17) is 17.3 Å². The van der Waals surface area contributed by atoms with Gasteiger partial charge in [0, 0.05) is 18.3 Å². The van der Waals surface area contributed by atoms with Gasteiger partial charge in [0.2, 0.25) is 0 Å². The van der Waals surface area contributed by atoms with Crippen molar-refractivity contribution in [1.82, 2.24) is 10.3 Å². The zero-order valence-corrected chi connectivity index (χ0v) is 12.1. The Labute approximate surface area is 124 Å². The Morgan fingerprint density at radius 1 is 1.30 bits per heavy atom. The van der Waals surface area contributed by atoms with Crippen molar-refractivity contribution in [3.8, 4) is 0 Å². The minimum absolute atomic E-state index is 0.0981. The van der Waals surface area contributed by atoms with Crippen molar-refractivity contribution in [3.05, 3.63) is 29.0 Å². The van der Waals surface area contributed by atoms with Crippen LogP contribution in [0.1, 0.15) is 42.6 Å². The summed E-state index contributed by atoms with van der Waals surface area (Å²) in [6.07, 6.45) is 7.15. The Kier molecular flexibility index (Phi) is 3.94. The fourth-order valence-corrected chi connectivity index (χ4v) is 3.87. The molecule has 0 radical (unpaired) electrons. The highest BCUT2D eigenvalue weighted by atomic mass is 35.5. The maximum absolute atomic E-state index is 12.3. The minimum Gasteiger partial charge on any atom is -0.347 e. The van der Waals surface area contributed by atoms with Gasteiger partial charge in [-0.15, -0.1) is 0 Å². The molecule has 2 saturated carbocycles. The van der Waals surface area contributed by atoms with Crippen LogP contribution in [0.3, 0.4) is 0 Å². The summed E-state index contributed by atoms with van der Waals surface area (Å²) in [5.41, 5.74) is 6.54. The number of nitrogens with two attached hydrogens (primary N) is 1. The minimum atomic E-state index is -0.0981. The third kappa shape index (κ3) is 2.81. The average Bonchev–Trinajstić information content (AvgIpc) is 2.40. The molecule has 2 atom stereocenters. The quantitative estimate of drug-likeness (QED) is 0.879. The standard InChI is InChI=1S/C15H20ClN3O/c16-11-4-5-13(18-8-11)15(20)19-14-9-2-1-3-10(14)7-12(17)6-9/h4-5,8-10,12,14H,1-3,6-7,17H2,(H,19,20). The van der Waals surface area contributed by atoms with Crippen LogP contribution in [0.2, 0.25) is 5.02 Å². The average molecular weight is 294 g/mol. The van der Waals surface area contributed by atoms with E-state index in [1.807, 2.05) is 0 Å². The third-order valence-electron chi connectivity index (χ3n) is 4.63. The summed E-state index contributed by atoms with van der Waals surface area (Å²) in [6, 6.07) is 3.92. The van der Waals surface area contributed by atoms with Crippen LogP contribution in [0.5, 0.6) is 0 Å². The van der Waals surface area contributed by atoms with Crippen molar-refractivity contribution < 1.29 is 4.79 Å². The van der Waals surface area contributed by atoms with Crippen LogP contribution < -0.4 is 11.1 Å².